The number of hydrogen-bond acceptors (Lipinski definition) is 2. The third-order valence-electron chi connectivity index (χ3n) is 2.58. The normalized spacial score (nSPS) is 19.2. The van der Waals surface area contributed by atoms with Crippen LogP contribution in [0.4, 0.5) is 0 Å². The fourth-order valence-electron chi connectivity index (χ4n) is 1.85. The number of methoxy groups -OCH3 is 1. The largest absolute Gasteiger partial charge is 0.497 e. The number of benzene rings is 1. The van der Waals surface area contributed by atoms with E-state index in [1.54, 1.807) is 7.11 Å². The number of fused-ring (bicyclic) bond motifs is 1. The van der Waals surface area contributed by atoms with E-state index in [0.717, 1.165) is 18.6 Å². The molecule has 13 heavy (non-hydrogen) atoms. The Hall–Kier alpha value is -1.49. The number of hydrogen-bond donors (Lipinski definition) is 0. The summed E-state index contributed by atoms with van der Waals surface area (Å²) in [6.07, 6.45) is 1.96. The Morgan fingerprint density at radius 1 is 1.54 bits per heavy atom. The first-order valence-corrected chi connectivity index (χ1v) is 4.41. The van der Waals surface area contributed by atoms with Crippen LogP contribution in [0.2, 0.25) is 0 Å². The van der Waals surface area contributed by atoms with Gasteiger partial charge in [0, 0.05) is 0 Å². The van der Waals surface area contributed by atoms with Crippen molar-refractivity contribution in [2.75, 3.05) is 7.11 Å². The predicted octanol–water partition coefficient (Wildman–Crippen LogP) is 2.25. The molecule has 0 radical (unpaired) electrons. The molecule has 0 bridgehead atoms. The topological polar surface area (TPSA) is 33.0 Å². The van der Waals surface area contributed by atoms with E-state index in [1.165, 1.54) is 11.1 Å². The summed E-state index contributed by atoms with van der Waals surface area (Å²) in [5.74, 6) is 0.984. The van der Waals surface area contributed by atoms with Gasteiger partial charge in [-0.1, -0.05) is 6.07 Å². The van der Waals surface area contributed by atoms with E-state index in [1.807, 2.05) is 18.2 Å². The van der Waals surface area contributed by atoms with Gasteiger partial charge < -0.3 is 4.74 Å². The van der Waals surface area contributed by atoms with Crippen molar-refractivity contribution < 1.29 is 4.74 Å². The molecule has 2 nitrogen and oxygen atoms in total. The second kappa shape index (κ2) is 3.10. The van der Waals surface area contributed by atoms with Gasteiger partial charge in [0.05, 0.1) is 19.1 Å². The molecule has 0 saturated heterocycles. The maximum Gasteiger partial charge on any atom is 0.119 e. The zero-order chi connectivity index (χ0) is 9.26. The fourth-order valence-corrected chi connectivity index (χ4v) is 1.85. The van der Waals surface area contributed by atoms with Crippen LogP contribution in [0.1, 0.15) is 23.5 Å². The zero-order valence-electron chi connectivity index (χ0n) is 7.58. The third-order valence-corrected chi connectivity index (χ3v) is 2.58. The summed E-state index contributed by atoms with van der Waals surface area (Å²) < 4.78 is 5.13. The van der Waals surface area contributed by atoms with Crippen molar-refractivity contribution in [3.8, 4) is 11.8 Å². The average molecular weight is 173 g/mol. The van der Waals surface area contributed by atoms with E-state index < -0.39 is 0 Å². The third kappa shape index (κ3) is 1.27. The van der Waals surface area contributed by atoms with Crippen LogP contribution in [0.15, 0.2) is 18.2 Å². The van der Waals surface area contributed by atoms with Gasteiger partial charge in [-0.15, -0.1) is 0 Å². The lowest BCUT2D eigenvalue weighted by molar-refractivity contribution is 0.414. The maximum absolute atomic E-state index is 8.86. The van der Waals surface area contributed by atoms with Gasteiger partial charge in [0.2, 0.25) is 0 Å². The average Bonchev–Trinajstić information content (AvgIpc) is 2.59. The number of nitrogens with zero attached hydrogens (tertiary/aromatic N) is 1. The van der Waals surface area contributed by atoms with Crippen molar-refractivity contribution >= 4 is 0 Å². The van der Waals surface area contributed by atoms with E-state index in [9.17, 15) is 0 Å². The van der Waals surface area contributed by atoms with Crippen LogP contribution in [0.25, 0.3) is 0 Å². The summed E-state index contributed by atoms with van der Waals surface area (Å²) in [5, 5.41) is 8.86. The van der Waals surface area contributed by atoms with Crippen molar-refractivity contribution in [2.45, 2.75) is 18.8 Å². The maximum atomic E-state index is 8.86. The summed E-state index contributed by atoms with van der Waals surface area (Å²) in [4.78, 5) is 0. The summed E-state index contributed by atoms with van der Waals surface area (Å²) in [7, 11) is 1.67. The second-order valence-corrected chi connectivity index (χ2v) is 3.29. The monoisotopic (exact) mass is 173 g/mol. The molecule has 0 amide bonds. The first-order chi connectivity index (χ1) is 6.35. The Bertz CT molecular complexity index is 365. The van der Waals surface area contributed by atoms with Gasteiger partial charge in [-0.3, -0.25) is 0 Å². The van der Waals surface area contributed by atoms with Gasteiger partial charge in [-0.2, -0.15) is 5.26 Å². The van der Waals surface area contributed by atoms with Gasteiger partial charge in [-0.05, 0) is 36.1 Å². The van der Waals surface area contributed by atoms with Crippen molar-refractivity contribution in [3.05, 3.63) is 29.3 Å². The Balaban J connectivity index is 2.41. The van der Waals surface area contributed by atoms with Gasteiger partial charge in [0.1, 0.15) is 5.75 Å². The molecule has 0 spiro atoms. The highest BCUT2D eigenvalue weighted by atomic mass is 16.5. The first-order valence-electron chi connectivity index (χ1n) is 4.41. The number of aryl methyl sites for hydroxylation is 1. The van der Waals surface area contributed by atoms with E-state index in [2.05, 4.69) is 6.07 Å². The lowest BCUT2D eigenvalue weighted by Gasteiger charge is -2.04. The van der Waals surface area contributed by atoms with Crippen LogP contribution in [-0.2, 0) is 6.42 Å². The highest BCUT2D eigenvalue weighted by Gasteiger charge is 2.21. The molecule has 1 atom stereocenters. The van der Waals surface area contributed by atoms with Crippen LogP contribution in [-0.4, -0.2) is 7.11 Å². The summed E-state index contributed by atoms with van der Waals surface area (Å²) in [6.45, 7) is 0. The van der Waals surface area contributed by atoms with E-state index in [0.29, 0.717) is 0 Å². The molecule has 1 aliphatic rings. The number of nitriles is 1. The minimum atomic E-state index is 0.0981. The molecule has 0 aliphatic heterocycles. The standard InChI is InChI=1S/C11H11NO/c1-13-10-4-5-11-8(6-10)2-3-9(11)7-12/h4-6,9H,2-3H2,1H3. The Morgan fingerprint density at radius 3 is 3.08 bits per heavy atom. The molecule has 0 fully saturated rings. The van der Waals surface area contributed by atoms with Gasteiger partial charge in [0.25, 0.3) is 0 Å². The molecule has 1 unspecified atom stereocenters. The van der Waals surface area contributed by atoms with Crippen molar-refractivity contribution in [2.24, 2.45) is 0 Å². The minimum Gasteiger partial charge on any atom is -0.497 e. The molecule has 0 aromatic heterocycles. The molecule has 2 rings (SSSR count). The molecule has 0 N–H and O–H groups in total. The lowest BCUT2D eigenvalue weighted by Crippen LogP contribution is -1.89. The van der Waals surface area contributed by atoms with Crippen LogP contribution < -0.4 is 4.74 Å². The van der Waals surface area contributed by atoms with Crippen LogP contribution in [0.5, 0.6) is 5.75 Å². The van der Waals surface area contributed by atoms with Gasteiger partial charge >= 0.3 is 0 Å². The Morgan fingerprint density at radius 2 is 2.38 bits per heavy atom. The predicted molar refractivity (Wildman–Crippen MR) is 49.7 cm³/mol. The number of ether oxygens (including phenoxy) is 1. The van der Waals surface area contributed by atoms with Crippen molar-refractivity contribution in [1.29, 1.82) is 5.26 Å². The van der Waals surface area contributed by atoms with Crippen LogP contribution >= 0.6 is 0 Å². The summed E-state index contributed by atoms with van der Waals surface area (Å²) >= 11 is 0. The molecule has 0 saturated carbocycles. The minimum absolute atomic E-state index is 0.0981. The highest BCUT2D eigenvalue weighted by Crippen LogP contribution is 2.34. The van der Waals surface area contributed by atoms with Gasteiger partial charge in [0.15, 0.2) is 0 Å². The molecule has 1 aliphatic carbocycles. The lowest BCUT2D eigenvalue weighted by atomic mass is 10.0. The first kappa shape index (κ1) is 8.12. The van der Waals surface area contributed by atoms with Gasteiger partial charge in [-0.25, -0.2) is 0 Å². The molecule has 0 heterocycles. The molecular formula is C11H11NO. The van der Waals surface area contributed by atoms with E-state index in [4.69, 9.17) is 10.00 Å². The van der Waals surface area contributed by atoms with Crippen LogP contribution in [0.3, 0.4) is 0 Å². The molecule has 2 heteroatoms. The Labute approximate surface area is 77.8 Å². The van der Waals surface area contributed by atoms with E-state index >= 15 is 0 Å². The summed E-state index contributed by atoms with van der Waals surface area (Å²) in [6, 6.07) is 8.29. The fraction of sp³-hybridized carbons (Fsp3) is 0.364. The number of rotatable bonds is 1. The second-order valence-electron chi connectivity index (χ2n) is 3.29. The van der Waals surface area contributed by atoms with Crippen LogP contribution in [0, 0.1) is 11.3 Å². The molecule has 66 valence electrons. The SMILES string of the molecule is COc1ccc2c(c1)CCC2C#N. The molecule has 1 aromatic rings. The quantitative estimate of drug-likeness (QED) is 0.652. The van der Waals surface area contributed by atoms with Crippen molar-refractivity contribution in [3.63, 3.8) is 0 Å². The molecular weight excluding hydrogens is 162 g/mol. The zero-order valence-corrected chi connectivity index (χ0v) is 7.58. The van der Waals surface area contributed by atoms with E-state index in [-0.39, 0.29) is 5.92 Å². The summed E-state index contributed by atoms with van der Waals surface area (Å²) in [5.41, 5.74) is 2.45. The van der Waals surface area contributed by atoms with Crippen molar-refractivity contribution in [1.82, 2.24) is 0 Å². The molecule has 1 aromatic carbocycles. The smallest absolute Gasteiger partial charge is 0.119 e. The Kier molecular flexibility index (Phi) is 1.94. The highest BCUT2D eigenvalue weighted by molar-refractivity contribution is 5.43.